The molecule has 0 bridgehead atoms. The topological polar surface area (TPSA) is 79.5 Å². The Hall–Kier alpha value is -2.06. The summed E-state index contributed by atoms with van der Waals surface area (Å²) < 4.78 is 10.2. The molecular weight excluding hydrogens is 222 g/mol. The highest BCUT2D eigenvalue weighted by Gasteiger charge is 2.13. The normalized spacial score (nSPS) is 11.6. The van der Waals surface area contributed by atoms with Gasteiger partial charge in [0.25, 0.3) is 0 Å². The van der Waals surface area contributed by atoms with Crippen molar-refractivity contribution in [3.8, 4) is 11.8 Å². The van der Waals surface area contributed by atoms with Crippen molar-refractivity contribution in [3.05, 3.63) is 29.3 Å². The number of hydrogen-bond acceptors (Lipinski definition) is 4. The van der Waals surface area contributed by atoms with Gasteiger partial charge in [0.2, 0.25) is 0 Å². The van der Waals surface area contributed by atoms with E-state index in [1.165, 1.54) is 14.0 Å². The van der Waals surface area contributed by atoms with Crippen molar-refractivity contribution in [1.29, 1.82) is 5.26 Å². The van der Waals surface area contributed by atoms with E-state index in [1.807, 2.05) is 6.07 Å². The van der Waals surface area contributed by atoms with E-state index in [4.69, 9.17) is 19.8 Å². The summed E-state index contributed by atoms with van der Waals surface area (Å²) in [5.74, 6) is -0.456. The van der Waals surface area contributed by atoms with Crippen molar-refractivity contribution in [1.82, 2.24) is 0 Å². The van der Waals surface area contributed by atoms with Crippen LogP contribution in [0.25, 0.3) is 0 Å². The first-order valence-electron chi connectivity index (χ1n) is 5.00. The Kier molecular flexibility index (Phi) is 4.49. The molecule has 1 aromatic carbocycles. The molecule has 1 atom stereocenters. The summed E-state index contributed by atoms with van der Waals surface area (Å²) >= 11 is 0. The van der Waals surface area contributed by atoms with Crippen molar-refractivity contribution in [2.45, 2.75) is 19.6 Å². The number of aliphatic carboxylic acids is 1. The van der Waals surface area contributed by atoms with Crippen molar-refractivity contribution in [3.63, 3.8) is 0 Å². The Bertz CT molecular complexity index is 450. The molecule has 0 aromatic heterocycles. The van der Waals surface area contributed by atoms with E-state index < -0.39 is 12.1 Å². The summed E-state index contributed by atoms with van der Waals surface area (Å²) in [5, 5.41) is 17.4. The smallest absolute Gasteiger partial charge is 0.332 e. The van der Waals surface area contributed by atoms with Crippen LogP contribution in [0.15, 0.2) is 18.2 Å². The number of carbonyl (C=O) groups is 1. The lowest BCUT2D eigenvalue weighted by Crippen LogP contribution is -2.19. The van der Waals surface area contributed by atoms with Crippen molar-refractivity contribution in [2.75, 3.05) is 7.11 Å². The molecule has 0 unspecified atom stereocenters. The molecule has 0 radical (unpaired) electrons. The van der Waals surface area contributed by atoms with E-state index in [1.54, 1.807) is 18.2 Å². The van der Waals surface area contributed by atoms with Gasteiger partial charge in [0, 0.05) is 5.56 Å². The SMILES string of the molecule is COc1ccc(C#N)cc1CO[C@@H](C)C(=O)O. The first kappa shape index (κ1) is 13.0. The summed E-state index contributed by atoms with van der Waals surface area (Å²) in [4.78, 5) is 10.6. The molecular formula is C12H13NO4. The second-order valence-corrected chi connectivity index (χ2v) is 3.43. The van der Waals surface area contributed by atoms with Gasteiger partial charge in [-0.15, -0.1) is 0 Å². The maximum atomic E-state index is 10.6. The summed E-state index contributed by atoms with van der Waals surface area (Å²) in [6.45, 7) is 1.54. The number of ether oxygens (including phenoxy) is 2. The highest BCUT2D eigenvalue weighted by Crippen LogP contribution is 2.20. The number of carboxylic acid groups (broad SMARTS) is 1. The minimum Gasteiger partial charge on any atom is -0.496 e. The summed E-state index contributed by atoms with van der Waals surface area (Å²) in [6, 6.07) is 6.90. The first-order chi connectivity index (χ1) is 8.08. The molecule has 0 saturated carbocycles. The monoisotopic (exact) mass is 235 g/mol. The molecule has 0 saturated heterocycles. The number of rotatable bonds is 5. The van der Waals surface area contributed by atoms with Gasteiger partial charge >= 0.3 is 5.97 Å². The Labute approximate surface area is 99.2 Å². The predicted molar refractivity (Wildman–Crippen MR) is 59.6 cm³/mol. The standard InChI is InChI=1S/C12H13NO4/c1-8(12(14)15)17-7-10-5-9(6-13)3-4-11(10)16-2/h3-5,8H,7H2,1-2H3,(H,14,15)/t8-/m0/s1. The van der Waals surface area contributed by atoms with Gasteiger partial charge in [0.15, 0.2) is 6.10 Å². The maximum Gasteiger partial charge on any atom is 0.332 e. The van der Waals surface area contributed by atoms with Crippen LogP contribution in [0.5, 0.6) is 5.75 Å². The molecule has 1 aromatic rings. The highest BCUT2D eigenvalue weighted by molar-refractivity contribution is 5.71. The lowest BCUT2D eigenvalue weighted by Gasteiger charge is -2.11. The second kappa shape index (κ2) is 5.87. The zero-order valence-corrected chi connectivity index (χ0v) is 9.64. The Morgan fingerprint density at radius 1 is 1.59 bits per heavy atom. The van der Waals surface area contributed by atoms with E-state index in [0.717, 1.165) is 0 Å². The number of nitrogens with zero attached hydrogens (tertiary/aromatic N) is 1. The van der Waals surface area contributed by atoms with E-state index in [-0.39, 0.29) is 6.61 Å². The number of nitriles is 1. The molecule has 90 valence electrons. The van der Waals surface area contributed by atoms with Gasteiger partial charge in [-0.25, -0.2) is 4.79 Å². The van der Waals surface area contributed by atoms with Crippen LogP contribution in [0.4, 0.5) is 0 Å². The maximum absolute atomic E-state index is 10.6. The third kappa shape index (κ3) is 3.47. The predicted octanol–water partition coefficient (Wildman–Crippen LogP) is 1.56. The van der Waals surface area contributed by atoms with E-state index in [0.29, 0.717) is 16.9 Å². The van der Waals surface area contributed by atoms with Crippen LogP contribution >= 0.6 is 0 Å². The van der Waals surface area contributed by atoms with Crippen LogP contribution in [0.3, 0.4) is 0 Å². The van der Waals surface area contributed by atoms with Crippen LogP contribution in [-0.4, -0.2) is 24.3 Å². The lowest BCUT2D eigenvalue weighted by molar-refractivity contribution is -0.149. The molecule has 0 aliphatic heterocycles. The molecule has 5 heteroatoms. The zero-order chi connectivity index (χ0) is 12.8. The Balaban J connectivity index is 2.82. The fraction of sp³-hybridized carbons (Fsp3) is 0.333. The quantitative estimate of drug-likeness (QED) is 0.837. The largest absolute Gasteiger partial charge is 0.496 e. The summed E-state index contributed by atoms with van der Waals surface area (Å²) in [5.41, 5.74) is 1.13. The van der Waals surface area contributed by atoms with Crippen LogP contribution in [0.1, 0.15) is 18.1 Å². The minimum atomic E-state index is -1.03. The summed E-state index contributed by atoms with van der Waals surface area (Å²) in [7, 11) is 1.51. The fourth-order valence-electron chi connectivity index (χ4n) is 1.25. The molecule has 0 fully saturated rings. The molecule has 17 heavy (non-hydrogen) atoms. The van der Waals surface area contributed by atoms with Gasteiger partial charge < -0.3 is 14.6 Å². The van der Waals surface area contributed by atoms with Crippen LogP contribution in [0.2, 0.25) is 0 Å². The molecule has 0 spiro atoms. The zero-order valence-electron chi connectivity index (χ0n) is 9.64. The van der Waals surface area contributed by atoms with Crippen LogP contribution < -0.4 is 4.74 Å². The molecule has 0 aliphatic rings. The number of carboxylic acids is 1. The fourth-order valence-corrected chi connectivity index (χ4v) is 1.25. The summed E-state index contributed by atoms with van der Waals surface area (Å²) in [6.07, 6.45) is -0.898. The molecule has 0 heterocycles. The number of hydrogen-bond donors (Lipinski definition) is 1. The third-order valence-corrected chi connectivity index (χ3v) is 2.25. The van der Waals surface area contributed by atoms with E-state index >= 15 is 0 Å². The van der Waals surface area contributed by atoms with Gasteiger partial charge in [-0.2, -0.15) is 5.26 Å². The molecule has 0 aliphatic carbocycles. The average Bonchev–Trinajstić information content (AvgIpc) is 2.35. The Morgan fingerprint density at radius 3 is 2.82 bits per heavy atom. The third-order valence-electron chi connectivity index (χ3n) is 2.25. The molecule has 5 nitrogen and oxygen atoms in total. The van der Waals surface area contributed by atoms with E-state index in [2.05, 4.69) is 0 Å². The van der Waals surface area contributed by atoms with Gasteiger partial charge in [-0.1, -0.05) is 0 Å². The van der Waals surface area contributed by atoms with Gasteiger partial charge in [0.1, 0.15) is 5.75 Å². The van der Waals surface area contributed by atoms with E-state index in [9.17, 15) is 4.79 Å². The second-order valence-electron chi connectivity index (χ2n) is 3.43. The number of benzene rings is 1. The van der Waals surface area contributed by atoms with Gasteiger partial charge in [0.05, 0.1) is 25.3 Å². The van der Waals surface area contributed by atoms with Crippen molar-refractivity contribution in [2.24, 2.45) is 0 Å². The van der Waals surface area contributed by atoms with Gasteiger partial charge in [-0.3, -0.25) is 0 Å². The lowest BCUT2D eigenvalue weighted by atomic mass is 10.1. The number of methoxy groups -OCH3 is 1. The van der Waals surface area contributed by atoms with Crippen LogP contribution in [-0.2, 0) is 16.1 Å². The molecule has 1 N–H and O–H groups in total. The van der Waals surface area contributed by atoms with Crippen molar-refractivity contribution >= 4 is 5.97 Å². The Morgan fingerprint density at radius 2 is 2.29 bits per heavy atom. The minimum absolute atomic E-state index is 0.0894. The average molecular weight is 235 g/mol. The van der Waals surface area contributed by atoms with Crippen molar-refractivity contribution < 1.29 is 19.4 Å². The molecule has 1 rings (SSSR count). The molecule has 0 amide bonds. The highest BCUT2D eigenvalue weighted by atomic mass is 16.5. The van der Waals surface area contributed by atoms with Gasteiger partial charge in [-0.05, 0) is 25.1 Å². The first-order valence-corrected chi connectivity index (χ1v) is 5.00. The van der Waals surface area contributed by atoms with Crippen LogP contribution in [0, 0.1) is 11.3 Å².